The number of aromatic nitrogens is 3. The van der Waals surface area contributed by atoms with E-state index in [-0.39, 0.29) is 17.6 Å². The van der Waals surface area contributed by atoms with E-state index in [9.17, 15) is 4.79 Å². The molecule has 2 rings (SSSR count). The molecular weight excluding hydrogens is 264 g/mol. The van der Waals surface area contributed by atoms with Crippen LogP contribution in [-0.2, 0) is 0 Å². The van der Waals surface area contributed by atoms with Gasteiger partial charge in [0.15, 0.2) is 5.82 Å². The quantitative estimate of drug-likeness (QED) is 0.902. The lowest BCUT2D eigenvalue weighted by Crippen LogP contribution is -2.25. The minimum absolute atomic E-state index is 0.237. The largest absolute Gasteiger partial charge is 0.347 e. The van der Waals surface area contributed by atoms with Crippen molar-refractivity contribution in [3.63, 3.8) is 0 Å². The Morgan fingerprint density at radius 2 is 2.05 bits per heavy atom. The van der Waals surface area contributed by atoms with Gasteiger partial charge in [-0.25, -0.2) is 14.5 Å². The van der Waals surface area contributed by atoms with Gasteiger partial charge in [-0.1, -0.05) is 31.9 Å². The van der Waals surface area contributed by atoms with E-state index in [1.54, 1.807) is 24.3 Å². The molecule has 5 nitrogen and oxygen atoms in total. The van der Waals surface area contributed by atoms with Crippen LogP contribution in [0, 0.1) is 5.92 Å². The van der Waals surface area contributed by atoms with Gasteiger partial charge >= 0.3 is 5.69 Å². The van der Waals surface area contributed by atoms with Gasteiger partial charge in [0.25, 0.3) is 0 Å². The van der Waals surface area contributed by atoms with Gasteiger partial charge < -0.3 is 5.73 Å². The third-order valence-electron chi connectivity index (χ3n) is 3.34. The zero-order valence-corrected chi connectivity index (χ0v) is 11.7. The van der Waals surface area contributed by atoms with Gasteiger partial charge in [-0.05, 0) is 30.2 Å². The topological polar surface area (TPSA) is 76.7 Å². The standard InChI is InChI=1S/C13H17ClN4O/c1-3-8(2)11(15)12-16-17-13(19)18(12)10-6-4-9(14)5-7-10/h4-8,11H,3,15H2,1-2H3,(H,17,19)/t8-,11-/m0/s1. The SMILES string of the molecule is CC[C@H](C)[C@H](N)c1n[nH]c(=O)n1-c1ccc(Cl)cc1. The number of rotatable bonds is 4. The Kier molecular flexibility index (Phi) is 4.07. The van der Waals surface area contributed by atoms with Crippen LogP contribution in [0.2, 0.25) is 5.02 Å². The molecule has 6 heteroatoms. The molecule has 1 aromatic heterocycles. The van der Waals surface area contributed by atoms with Crippen LogP contribution in [0.5, 0.6) is 0 Å². The van der Waals surface area contributed by atoms with E-state index >= 15 is 0 Å². The first-order valence-corrected chi connectivity index (χ1v) is 6.61. The highest BCUT2D eigenvalue weighted by molar-refractivity contribution is 6.30. The minimum Gasteiger partial charge on any atom is -0.321 e. The van der Waals surface area contributed by atoms with Crippen LogP contribution in [-0.4, -0.2) is 14.8 Å². The van der Waals surface area contributed by atoms with E-state index in [4.69, 9.17) is 17.3 Å². The maximum absolute atomic E-state index is 11.9. The van der Waals surface area contributed by atoms with Crippen molar-refractivity contribution in [2.75, 3.05) is 0 Å². The molecule has 0 fully saturated rings. The Labute approximate surface area is 116 Å². The molecule has 0 unspecified atom stereocenters. The molecule has 0 radical (unpaired) electrons. The van der Waals surface area contributed by atoms with Crippen LogP contribution in [0.1, 0.15) is 32.1 Å². The normalized spacial score (nSPS) is 14.3. The number of halogens is 1. The fourth-order valence-electron chi connectivity index (χ4n) is 1.88. The van der Waals surface area contributed by atoms with Gasteiger partial charge in [0.2, 0.25) is 0 Å². The molecule has 0 aliphatic carbocycles. The molecule has 2 atom stereocenters. The Hall–Kier alpha value is -1.59. The Bertz CT molecular complexity index is 602. The first-order chi connectivity index (χ1) is 9.04. The Morgan fingerprint density at radius 3 is 2.63 bits per heavy atom. The highest BCUT2D eigenvalue weighted by Gasteiger charge is 2.21. The third kappa shape index (κ3) is 2.72. The fraction of sp³-hybridized carbons (Fsp3) is 0.385. The van der Waals surface area contributed by atoms with Gasteiger partial charge in [0.1, 0.15) is 0 Å². The van der Waals surface area contributed by atoms with E-state index in [2.05, 4.69) is 17.1 Å². The second-order valence-electron chi connectivity index (χ2n) is 4.61. The maximum Gasteiger partial charge on any atom is 0.347 e. The fourth-order valence-corrected chi connectivity index (χ4v) is 2.01. The van der Waals surface area contributed by atoms with Crippen molar-refractivity contribution < 1.29 is 0 Å². The average molecular weight is 281 g/mol. The summed E-state index contributed by atoms with van der Waals surface area (Å²) in [6, 6.07) is 6.71. The summed E-state index contributed by atoms with van der Waals surface area (Å²) in [6.07, 6.45) is 0.919. The second-order valence-corrected chi connectivity index (χ2v) is 5.05. The second kappa shape index (κ2) is 5.59. The van der Waals surface area contributed by atoms with E-state index in [1.807, 2.05) is 6.92 Å². The highest BCUT2D eigenvalue weighted by atomic mass is 35.5. The number of hydrogen-bond acceptors (Lipinski definition) is 3. The van der Waals surface area contributed by atoms with Crippen molar-refractivity contribution in [3.05, 3.63) is 45.6 Å². The van der Waals surface area contributed by atoms with Crippen molar-refractivity contribution in [1.29, 1.82) is 0 Å². The highest BCUT2D eigenvalue weighted by Crippen LogP contribution is 2.21. The van der Waals surface area contributed by atoms with Crippen LogP contribution in [0.15, 0.2) is 29.1 Å². The number of nitrogens with one attached hydrogen (secondary N) is 1. The van der Waals surface area contributed by atoms with Crippen molar-refractivity contribution in [3.8, 4) is 5.69 Å². The lowest BCUT2D eigenvalue weighted by Gasteiger charge is -2.18. The first kappa shape index (κ1) is 13.8. The third-order valence-corrected chi connectivity index (χ3v) is 3.59. The smallest absolute Gasteiger partial charge is 0.321 e. The molecule has 19 heavy (non-hydrogen) atoms. The number of hydrogen-bond donors (Lipinski definition) is 2. The number of benzene rings is 1. The summed E-state index contributed by atoms with van der Waals surface area (Å²) in [6.45, 7) is 4.10. The molecule has 0 saturated carbocycles. The molecule has 0 bridgehead atoms. The van der Waals surface area contributed by atoms with Crippen molar-refractivity contribution in [2.45, 2.75) is 26.3 Å². The predicted octanol–water partition coefficient (Wildman–Crippen LogP) is 2.26. The van der Waals surface area contributed by atoms with Crippen molar-refractivity contribution in [2.24, 2.45) is 11.7 Å². The molecule has 0 spiro atoms. The van der Waals surface area contributed by atoms with Gasteiger partial charge in [-0.2, -0.15) is 5.10 Å². The lowest BCUT2D eigenvalue weighted by molar-refractivity contribution is 0.433. The van der Waals surface area contributed by atoms with Crippen LogP contribution in [0.25, 0.3) is 5.69 Å². The zero-order chi connectivity index (χ0) is 14.0. The van der Waals surface area contributed by atoms with Crippen LogP contribution in [0.4, 0.5) is 0 Å². The molecule has 102 valence electrons. The monoisotopic (exact) mass is 280 g/mol. The molecule has 2 aromatic rings. The minimum atomic E-state index is -0.295. The van der Waals surface area contributed by atoms with Crippen LogP contribution in [0.3, 0.4) is 0 Å². The maximum atomic E-state index is 11.9. The molecule has 3 N–H and O–H groups in total. The number of H-pyrrole nitrogens is 1. The van der Waals surface area contributed by atoms with E-state index in [0.717, 1.165) is 6.42 Å². The van der Waals surface area contributed by atoms with E-state index < -0.39 is 0 Å². The molecule has 0 aliphatic rings. The molecular formula is C13H17ClN4O. The van der Waals surface area contributed by atoms with Crippen molar-refractivity contribution >= 4 is 11.6 Å². The van der Waals surface area contributed by atoms with Gasteiger partial charge in [-0.15, -0.1) is 0 Å². The number of aromatic amines is 1. The van der Waals surface area contributed by atoms with Gasteiger partial charge in [0.05, 0.1) is 11.7 Å². The summed E-state index contributed by atoms with van der Waals surface area (Å²) in [4.78, 5) is 11.9. The van der Waals surface area contributed by atoms with Crippen LogP contribution < -0.4 is 11.4 Å². The number of nitrogens with zero attached hydrogens (tertiary/aromatic N) is 2. The summed E-state index contributed by atoms with van der Waals surface area (Å²) in [7, 11) is 0. The van der Waals surface area contributed by atoms with E-state index in [0.29, 0.717) is 16.5 Å². The van der Waals surface area contributed by atoms with Gasteiger partial charge in [0, 0.05) is 5.02 Å². The molecule has 1 aromatic carbocycles. The number of nitrogens with two attached hydrogens (primary N) is 1. The summed E-state index contributed by atoms with van der Waals surface area (Å²) >= 11 is 5.85. The lowest BCUT2D eigenvalue weighted by atomic mass is 9.99. The Balaban J connectivity index is 2.49. The predicted molar refractivity (Wildman–Crippen MR) is 75.6 cm³/mol. The average Bonchev–Trinajstić information content (AvgIpc) is 2.80. The Morgan fingerprint density at radius 1 is 1.42 bits per heavy atom. The molecule has 0 aliphatic heterocycles. The van der Waals surface area contributed by atoms with Crippen LogP contribution >= 0.6 is 11.6 Å². The van der Waals surface area contributed by atoms with Crippen molar-refractivity contribution in [1.82, 2.24) is 14.8 Å². The zero-order valence-electron chi connectivity index (χ0n) is 10.9. The van der Waals surface area contributed by atoms with Gasteiger partial charge in [-0.3, -0.25) is 0 Å². The molecule has 1 heterocycles. The molecule has 0 saturated heterocycles. The summed E-state index contributed by atoms with van der Waals surface area (Å²) in [5, 5.41) is 7.12. The van der Waals surface area contributed by atoms with E-state index in [1.165, 1.54) is 4.57 Å². The summed E-state index contributed by atoms with van der Waals surface area (Å²) < 4.78 is 1.49. The molecule has 0 amide bonds. The summed E-state index contributed by atoms with van der Waals surface area (Å²) in [5.74, 6) is 0.780. The summed E-state index contributed by atoms with van der Waals surface area (Å²) in [5.41, 5.74) is 6.57. The first-order valence-electron chi connectivity index (χ1n) is 6.23.